The second-order valence-electron chi connectivity index (χ2n) is 6.55. The third kappa shape index (κ3) is 7.32. The number of para-hydroxylation sites is 2. The lowest BCUT2D eigenvalue weighted by Gasteiger charge is -2.30. The molecule has 2 aromatic carbocycles. The summed E-state index contributed by atoms with van der Waals surface area (Å²) in [5, 5.41) is 29.6. The molecule has 2 rings (SSSR count). The number of hydrogen-bond donors (Lipinski definition) is 5. The fourth-order valence-electron chi connectivity index (χ4n) is 2.93. The third-order valence-electron chi connectivity index (χ3n) is 4.38. The number of rotatable bonds is 12. The molecule has 0 spiro atoms. The summed E-state index contributed by atoms with van der Waals surface area (Å²) in [6, 6.07) is 18.2. The Labute approximate surface area is 167 Å². The number of nitrogens with zero attached hydrogens (tertiary/aromatic N) is 1. The highest BCUT2D eigenvalue weighted by Gasteiger charge is 2.16. The highest BCUT2D eigenvalue weighted by molar-refractivity contribution is 5.69. The van der Waals surface area contributed by atoms with E-state index in [0.717, 1.165) is 16.9 Å². The first-order valence-corrected chi connectivity index (χ1v) is 9.63. The Bertz CT molecular complexity index is 709. The number of nitrogens with one attached hydrogen (secondary N) is 3. The lowest BCUT2D eigenvalue weighted by atomic mass is 10.1. The van der Waals surface area contributed by atoms with Gasteiger partial charge in [0.15, 0.2) is 0 Å². The van der Waals surface area contributed by atoms with Crippen molar-refractivity contribution in [2.75, 3.05) is 36.9 Å². The molecular weight excluding hydrogens is 352 g/mol. The van der Waals surface area contributed by atoms with Crippen molar-refractivity contribution in [2.24, 2.45) is 0 Å². The number of benzene rings is 2. The summed E-state index contributed by atoms with van der Waals surface area (Å²) in [6.45, 7) is 3.83. The molecule has 5 N–H and O–H groups in total. The highest BCUT2D eigenvalue weighted by Crippen LogP contribution is 2.26. The molecule has 6 nitrogen and oxygen atoms in total. The van der Waals surface area contributed by atoms with E-state index in [0.29, 0.717) is 19.6 Å². The van der Waals surface area contributed by atoms with Gasteiger partial charge in [0.05, 0.1) is 17.9 Å². The first kappa shape index (κ1) is 21.9. The second-order valence-corrected chi connectivity index (χ2v) is 6.55. The van der Waals surface area contributed by atoms with Crippen molar-refractivity contribution in [1.82, 2.24) is 10.6 Å². The van der Waals surface area contributed by atoms with Crippen LogP contribution in [0, 0.1) is 0 Å². The molecule has 2 aromatic rings. The number of anilines is 2. The molecule has 0 saturated carbocycles. The Kier molecular flexibility index (Phi) is 9.51. The maximum Gasteiger partial charge on any atom is 0.122 e. The molecule has 28 heavy (non-hydrogen) atoms. The minimum absolute atomic E-state index is 0.256. The predicted octanol–water partition coefficient (Wildman–Crippen LogP) is 2.13. The maximum absolute atomic E-state index is 10.5. The van der Waals surface area contributed by atoms with Crippen LogP contribution in [0.3, 0.4) is 0 Å². The third-order valence-corrected chi connectivity index (χ3v) is 4.38. The molecular formula is C22H32N4O2. The van der Waals surface area contributed by atoms with Gasteiger partial charge in [0.25, 0.3) is 0 Å². The number of aliphatic hydroxyl groups excluding tert-OH is 2. The lowest BCUT2D eigenvalue weighted by molar-refractivity contribution is 0.0913. The summed E-state index contributed by atoms with van der Waals surface area (Å²) in [5.74, 6) is 0. The zero-order valence-electron chi connectivity index (χ0n) is 16.7. The quantitative estimate of drug-likeness (QED) is 0.285. The zero-order valence-corrected chi connectivity index (χ0v) is 16.7. The van der Waals surface area contributed by atoms with Gasteiger partial charge in [-0.25, -0.2) is 0 Å². The molecule has 0 radical (unpaired) electrons. The van der Waals surface area contributed by atoms with Gasteiger partial charge < -0.3 is 20.4 Å². The van der Waals surface area contributed by atoms with E-state index in [-0.39, 0.29) is 6.54 Å². The molecule has 0 saturated heterocycles. The normalized spacial score (nSPS) is 13.4. The van der Waals surface area contributed by atoms with Gasteiger partial charge in [-0.2, -0.15) is 0 Å². The van der Waals surface area contributed by atoms with E-state index in [4.69, 9.17) is 0 Å². The van der Waals surface area contributed by atoms with Crippen molar-refractivity contribution in [3.8, 4) is 0 Å². The van der Waals surface area contributed by atoms with Crippen LogP contribution in [0.1, 0.15) is 12.5 Å². The first-order chi connectivity index (χ1) is 13.6. The summed E-state index contributed by atoms with van der Waals surface area (Å²) >= 11 is 0. The molecule has 6 heteroatoms. The summed E-state index contributed by atoms with van der Waals surface area (Å²) in [4.78, 5) is 2.12. The molecule has 2 atom stereocenters. The largest absolute Gasteiger partial charge is 0.386 e. The van der Waals surface area contributed by atoms with Crippen molar-refractivity contribution in [3.05, 3.63) is 72.3 Å². The van der Waals surface area contributed by atoms with E-state index in [1.807, 2.05) is 68.6 Å². The van der Waals surface area contributed by atoms with Crippen molar-refractivity contribution in [1.29, 1.82) is 0 Å². The van der Waals surface area contributed by atoms with Crippen LogP contribution in [0.2, 0.25) is 0 Å². The first-order valence-electron chi connectivity index (χ1n) is 9.63. The van der Waals surface area contributed by atoms with Gasteiger partial charge in [-0.3, -0.25) is 10.6 Å². The van der Waals surface area contributed by atoms with Crippen LogP contribution in [-0.2, 0) is 6.54 Å². The second kappa shape index (κ2) is 12.2. The lowest BCUT2D eigenvalue weighted by Crippen LogP contribution is -2.47. The van der Waals surface area contributed by atoms with Gasteiger partial charge in [0.2, 0.25) is 0 Å². The number of allylic oxidation sites excluding steroid dienone is 1. The highest BCUT2D eigenvalue weighted by atomic mass is 16.3. The molecule has 2 unspecified atom stereocenters. The predicted molar refractivity (Wildman–Crippen MR) is 116 cm³/mol. The Hall–Kier alpha value is -2.38. The molecule has 0 aromatic heterocycles. The minimum Gasteiger partial charge on any atom is -0.386 e. The van der Waals surface area contributed by atoms with Crippen molar-refractivity contribution < 1.29 is 10.2 Å². The minimum atomic E-state index is -0.785. The van der Waals surface area contributed by atoms with Crippen LogP contribution in [0.4, 0.5) is 11.4 Å². The van der Waals surface area contributed by atoms with E-state index >= 15 is 0 Å². The summed E-state index contributed by atoms with van der Waals surface area (Å²) in [5.41, 5.74) is 3.17. The topological polar surface area (TPSA) is 79.8 Å². The van der Waals surface area contributed by atoms with E-state index in [2.05, 4.69) is 33.0 Å². The Morgan fingerprint density at radius 3 is 2.39 bits per heavy atom. The van der Waals surface area contributed by atoms with Crippen LogP contribution < -0.4 is 20.9 Å². The fraction of sp³-hybridized carbons (Fsp3) is 0.364. The SMILES string of the molecule is C/C=C/CNC(O)CNC(O)CN(Cc1ccccc1)c1ccccc1NC. The average molecular weight is 385 g/mol. The molecule has 0 aliphatic heterocycles. The van der Waals surface area contributed by atoms with Crippen LogP contribution in [0.5, 0.6) is 0 Å². The van der Waals surface area contributed by atoms with Gasteiger partial charge >= 0.3 is 0 Å². The van der Waals surface area contributed by atoms with Crippen LogP contribution in [-0.4, -0.2) is 49.4 Å². The van der Waals surface area contributed by atoms with E-state index in [1.54, 1.807) is 0 Å². The average Bonchev–Trinajstić information content (AvgIpc) is 2.72. The van der Waals surface area contributed by atoms with Gasteiger partial charge in [0.1, 0.15) is 12.5 Å². The van der Waals surface area contributed by atoms with E-state index in [9.17, 15) is 10.2 Å². The van der Waals surface area contributed by atoms with E-state index < -0.39 is 12.5 Å². The molecule has 0 amide bonds. The Morgan fingerprint density at radius 2 is 1.68 bits per heavy atom. The summed E-state index contributed by atoms with van der Waals surface area (Å²) < 4.78 is 0. The molecule has 0 aliphatic carbocycles. The number of aliphatic hydroxyl groups is 2. The molecule has 152 valence electrons. The zero-order chi connectivity index (χ0) is 20.2. The van der Waals surface area contributed by atoms with E-state index in [1.165, 1.54) is 0 Å². The Morgan fingerprint density at radius 1 is 0.964 bits per heavy atom. The number of hydrogen-bond acceptors (Lipinski definition) is 6. The van der Waals surface area contributed by atoms with Crippen LogP contribution in [0.15, 0.2) is 66.7 Å². The Balaban J connectivity index is 2.02. The monoisotopic (exact) mass is 384 g/mol. The smallest absolute Gasteiger partial charge is 0.122 e. The molecule has 0 bridgehead atoms. The van der Waals surface area contributed by atoms with Crippen LogP contribution in [0.25, 0.3) is 0 Å². The molecule has 0 aliphatic rings. The standard InChI is InChI=1S/C22H32N4O2/c1-3-4-14-24-21(27)15-25-22(28)17-26(16-18-10-6-5-7-11-18)20-13-9-8-12-19(20)23-2/h3-13,21-25,27-28H,14-17H2,1-2H3/b4-3+. The summed E-state index contributed by atoms with van der Waals surface area (Å²) in [7, 11) is 1.89. The van der Waals surface area contributed by atoms with Crippen molar-refractivity contribution in [3.63, 3.8) is 0 Å². The van der Waals surface area contributed by atoms with Gasteiger partial charge in [-0.15, -0.1) is 0 Å². The molecule has 0 fully saturated rings. The van der Waals surface area contributed by atoms with Gasteiger partial charge in [-0.1, -0.05) is 54.6 Å². The van der Waals surface area contributed by atoms with Crippen LogP contribution >= 0.6 is 0 Å². The maximum atomic E-state index is 10.5. The summed E-state index contributed by atoms with van der Waals surface area (Å²) in [6.07, 6.45) is 2.34. The van der Waals surface area contributed by atoms with Crippen molar-refractivity contribution >= 4 is 11.4 Å². The molecule has 0 heterocycles. The fourth-order valence-corrected chi connectivity index (χ4v) is 2.93. The van der Waals surface area contributed by atoms with Crippen molar-refractivity contribution in [2.45, 2.75) is 25.9 Å². The van der Waals surface area contributed by atoms with Gasteiger partial charge in [0, 0.05) is 26.7 Å². The van der Waals surface area contributed by atoms with Gasteiger partial charge in [-0.05, 0) is 24.6 Å².